The van der Waals surface area contributed by atoms with Crippen molar-refractivity contribution in [2.24, 2.45) is 5.14 Å². The lowest BCUT2D eigenvalue weighted by atomic mass is 9.93. The summed E-state index contributed by atoms with van der Waals surface area (Å²) in [7, 11) is -3.62. The summed E-state index contributed by atoms with van der Waals surface area (Å²) in [6.45, 7) is 0. The minimum absolute atomic E-state index is 0.124. The summed E-state index contributed by atoms with van der Waals surface area (Å²) in [6.07, 6.45) is 3.59. The van der Waals surface area contributed by atoms with Crippen molar-refractivity contribution >= 4 is 31.6 Å². The van der Waals surface area contributed by atoms with E-state index in [-0.39, 0.29) is 4.90 Å². The molecule has 1 aromatic carbocycles. The van der Waals surface area contributed by atoms with Gasteiger partial charge < -0.3 is 5.32 Å². The Labute approximate surface area is 103 Å². The Morgan fingerprint density at radius 3 is 2.50 bits per heavy atom. The van der Waals surface area contributed by atoms with E-state index in [0.29, 0.717) is 6.04 Å². The van der Waals surface area contributed by atoms with Crippen LogP contribution in [-0.4, -0.2) is 14.5 Å². The fraction of sp³-hybridized carbons (Fsp3) is 0.400. The molecule has 2 rings (SSSR count). The third-order valence-electron chi connectivity index (χ3n) is 2.73. The molecule has 0 atom stereocenters. The van der Waals surface area contributed by atoms with Crippen molar-refractivity contribution in [3.05, 3.63) is 22.7 Å². The largest absolute Gasteiger partial charge is 0.381 e. The number of benzene rings is 1. The van der Waals surface area contributed by atoms with Gasteiger partial charge in [-0.3, -0.25) is 0 Å². The van der Waals surface area contributed by atoms with Crippen LogP contribution in [-0.2, 0) is 10.0 Å². The lowest BCUT2D eigenvalue weighted by Gasteiger charge is -2.28. The number of rotatable bonds is 3. The average Bonchev–Trinajstić information content (AvgIpc) is 2.11. The van der Waals surface area contributed by atoms with Crippen LogP contribution in [0.4, 0.5) is 5.69 Å². The zero-order valence-corrected chi connectivity index (χ0v) is 11.0. The molecule has 1 saturated carbocycles. The summed E-state index contributed by atoms with van der Waals surface area (Å²) < 4.78 is 23.0. The second kappa shape index (κ2) is 4.35. The van der Waals surface area contributed by atoms with Gasteiger partial charge in [0.25, 0.3) is 0 Å². The molecular formula is C10H13BrN2O2S. The minimum Gasteiger partial charge on any atom is -0.381 e. The monoisotopic (exact) mass is 304 g/mol. The number of hydrogen-bond acceptors (Lipinski definition) is 3. The third kappa shape index (κ3) is 2.56. The SMILES string of the molecule is NS(=O)(=O)c1ccc(NC2CCC2)c(Br)c1. The molecule has 0 unspecified atom stereocenters. The Morgan fingerprint density at radius 2 is 2.06 bits per heavy atom. The fourth-order valence-corrected chi connectivity index (χ4v) is 2.75. The molecular weight excluding hydrogens is 292 g/mol. The van der Waals surface area contributed by atoms with Gasteiger partial charge in [-0.1, -0.05) is 0 Å². The van der Waals surface area contributed by atoms with Gasteiger partial charge in [0, 0.05) is 16.2 Å². The maximum Gasteiger partial charge on any atom is 0.238 e. The van der Waals surface area contributed by atoms with E-state index in [4.69, 9.17) is 5.14 Å². The van der Waals surface area contributed by atoms with Crippen LogP contribution >= 0.6 is 15.9 Å². The van der Waals surface area contributed by atoms with Crippen molar-refractivity contribution in [2.45, 2.75) is 30.2 Å². The molecule has 0 bridgehead atoms. The van der Waals surface area contributed by atoms with Gasteiger partial charge >= 0.3 is 0 Å². The summed E-state index contributed by atoms with van der Waals surface area (Å²) in [5, 5.41) is 8.39. The van der Waals surface area contributed by atoms with Crippen molar-refractivity contribution < 1.29 is 8.42 Å². The van der Waals surface area contributed by atoms with Crippen molar-refractivity contribution in [1.29, 1.82) is 0 Å². The second-order valence-corrected chi connectivity index (χ2v) is 6.37. The lowest BCUT2D eigenvalue weighted by Crippen LogP contribution is -2.27. The Bertz CT molecular complexity index is 498. The van der Waals surface area contributed by atoms with Gasteiger partial charge in [0.1, 0.15) is 0 Å². The molecule has 1 aliphatic carbocycles. The molecule has 6 heteroatoms. The summed E-state index contributed by atoms with van der Waals surface area (Å²) in [4.78, 5) is 0.124. The van der Waals surface area contributed by atoms with Gasteiger partial charge in [-0.15, -0.1) is 0 Å². The maximum atomic E-state index is 11.1. The quantitative estimate of drug-likeness (QED) is 0.898. The van der Waals surface area contributed by atoms with Crippen LogP contribution < -0.4 is 10.5 Å². The molecule has 3 N–H and O–H groups in total. The van der Waals surface area contributed by atoms with E-state index in [9.17, 15) is 8.42 Å². The highest BCUT2D eigenvalue weighted by molar-refractivity contribution is 9.10. The first kappa shape index (κ1) is 11.9. The first-order valence-electron chi connectivity index (χ1n) is 5.06. The van der Waals surface area contributed by atoms with E-state index in [2.05, 4.69) is 21.2 Å². The summed E-state index contributed by atoms with van der Waals surface area (Å²) in [5.41, 5.74) is 0.914. The topological polar surface area (TPSA) is 72.2 Å². The third-order valence-corrected chi connectivity index (χ3v) is 4.30. The Hall–Kier alpha value is -0.590. The van der Waals surface area contributed by atoms with Crippen molar-refractivity contribution in [1.82, 2.24) is 0 Å². The molecule has 0 radical (unpaired) electrons. The maximum absolute atomic E-state index is 11.1. The van der Waals surface area contributed by atoms with E-state index >= 15 is 0 Å². The molecule has 4 nitrogen and oxygen atoms in total. The zero-order chi connectivity index (χ0) is 11.8. The zero-order valence-electron chi connectivity index (χ0n) is 8.61. The van der Waals surface area contributed by atoms with Gasteiger partial charge in [-0.25, -0.2) is 13.6 Å². The number of hydrogen-bond donors (Lipinski definition) is 2. The van der Waals surface area contributed by atoms with Crippen molar-refractivity contribution in [3.8, 4) is 0 Å². The fourth-order valence-electron chi connectivity index (χ4n) is 1.56. The lowest BCUT2D eigenvalue weighted by molar-refractivity contribution is 0.445. The van der Waals surface area contributed by atoms with Crippen LogP contribution in [0, 0.1) is 0 Å². The first-order chi connectivity index (χ1) is 7.47. The van der Waals surface area contributed by atoms with Gasteiger partial charge in [-0.05, 0) is 53.4 Å². The molecule has 1 aliphatic rings. The van der Waals surface area contributed by atoms with Gasteiger partial charge in [0.15, 0.2) is 0 Å². The highest BCUT2D eigenvalue weighted by Crippen LogP contribution is 2.29. The van der Waals surface area contributed by atoms with Gasteiger partial charge in [-0.2, -0.15) is 0 Å². The molecule has 0 aliphatic heterocycles. The van der Waals surface area contributed by atoms with Gasteiger partial charge in [0.05, 0.1) is 4.90 Å². The van der Waals surface area contributed by atoms with Crippen molar-refractivity contribution in [2.75, 3.05) is 5.32 Å². The number of nitrogens with one attached hydrogen (secondary N) is 1. The minimum atomic E-state index is -3.62. The number of sulfonamides is 1. The summed E-state index contributed by atoms with van der Waals surface area (Å²) >= 11 is 3.34. The predicted octanol–water partition coefficient (Wildman–Crippen LogP) is 2.06. The molecule has 0 spiro atoms. The molecule has 88 valence electrons. The van der Waals surface area contributed by atoms with E-state index in [1.54, 1.807) is 6.07 Å². The van der Waals surface area contributed by atoms with Crippen LogP contribution in [0.5, 0.6) is 0 Å². The number of primary sulfonamides is 1. The number of nitrogens with two attached hydrogens (primary N) is 1. The van der Waals surface area contributed by atoms with Crippen LogP contribution in [0.3, 0.4) is 0 Å². The van der Waals surface area contributed by atoms with Crippen LogP contribution in [0.2, 0.25) is 0 Å². The van der Waals surface area contributed by atoms with Crippen LogP contribution in [0.25, 0.3) is 0 Å². The highest BCUT2D eigenvalue weighted by Gasteiger charge is 2.18. The average molecular weight is 305 g/mol. The van der Waals surface area contributed by atoms with Crippen LogP contribution in [0.15, 0.2) is 27.6 Å². The number of halogens is 1. The standard InChI is InChI=1S/C10H13BrN2O2S/c11-9-6-8(16(12,14)15)4-5-10(9)13-7-2-1-3-7/h4-7,13H,1-3H2,(H2,12,14,15). The Morgan fingerprint density at radius 1 is 1.38 bits per heavy atom. The normalized spacial score (nSPS) is 16.9. The molecule has 0 aromatic heterocycles. The number of anilines is 1. The smallest absolute Gasteiger partial charge is 0.238 e. The van der Waals surface area contributed by atoms with E-state index in [1.165, 1.54) is 31.4 Å². The Balaban J connectivity index is 2.22. The second-order valence-electron chi connectivity index (χ2n) is 3.96. The van der Waals surface area contributed by atoms with E-state index < -0.39 is 10.0 Å². The van der Waals surface area contributed by atoms with Crippen LogP contribution in [0.1, 0.15) is 19.3 Å². The highest BCUT2D eigenvalue weighted by atomic mass is 79.9. The molecule has 0 heterocycles. The predicted molar refractivity (Wildman–Crippen MR) is 66.8 cm³/mol. The molecule has 1 fully saturated rings. The van der Waals surface area contributed by atoms with Gasteiger partial charge in [0.2, 0.25) is 10.0 Å². The summed E-state index contributed by atoms with van der Waals surface area (Å²) in [6, 6.07) is 5.29. The molecule has 0 amide bonds. The Kier molecular flexibility index (Phi) is 3.23. The van der Waals surface area contributed by atoms with Crippen molar-refractivity contribution in [3.63, 3.8) is 0 Å². The molecule has 0 saturated heterocycles. The first-order valence-corrected chi connectivity index (χ1v) is 7.39. The van der Waals surface area contributed by atoms with E-state index in [1.807, 2.05) is 0 Å². The molecule has 16 heavy (non-hydrogen) atoms. The van der Waals surface area contributed by atoms with E-state index in [0.717, 1.165) is 10.2 Å². The molecule has 1 aromatic rings. The summed E-state index contributed by atoms with van der Waals surface area (Å²) in [5.74, 6) is 0.